The van der Waals surface area contributed by atoms with Crippen molar-refractivity contribution in [3.8, 4) is 5.75 Å². The molecule has 2 aliphatic heterocycles. The molecule has 0 atom stereocenters. The number of halogens is 1. The molecule has 0 saturated heterocycles. The molecule has 0 aromatic heterocycles. The maximum atomic E-state index is 14.0. The third kappa shape index (κ3) is 3.03. The Bertz CT molecular complexity index is 938. The van der Waals surface area contributed by atoms with Crippen molar-refractivity contribution in [2.24, 2.45) is 9.98 Å². The summed E-state index contributed by atoms with van der Waals surface area (Å²) in [5, 5.41) is 0.167. The van der Waals surface area contributed by atoms with Crippen LogP contribution in [0.4, 0.5) is 9.18 Å². The predicted molar refractivity (Wildman–Crippen MR) is 94.0 cm³/mol. The number of Topliss-reactive ketones (excluding diaryl/α,β-unsaturated/α-hetero) is 1. The highest BCUT2D eigenvalue weighted by molar-refractivity contribution is 8.14. The Morgan fingerprint density at radius 1 is 1.35 bits per heavy atom. The van der Waals surface area contributed by atoms with E-state index in [1.807, 2.05) is 0 Å². The number of carbonyl (C=O) groups excluding carboxylic acids is 3. The summed E-state index contributed by atoms with van der Waals surface area (Å²) >= 11 is 0.964. The number of nitrogens with zero attached hydrogens (tertiary/aromatic N) is 4. The number of urea groups is 1. The molecule has 2 heterocycles. The van der Waals surface area contributed by atoms with Gasteiger partial charge in [0.1, 0.15) is 11.6 Å². The third-order valence-corrected chi connectivity index (χ3v) is 4.68. The average molecular weight is 377 g/mol. The number of hydrogen-bond donors (Lipinski definition) is 0. The van der Waals surface area contributed by atoms with Crippen molar-refractivity contribution < 1.29 is 28.1 Å². The minimum Gasteiger partial charge on any atom is -0.497 e. The molecule has 0 spiro atoms. The summed E-state index contributed by atoms with van der Waals surface area (Å²) < 4.78 is 20.1. The number of aliphatic imine (C=N–C) groups is 2. The van der Waals surface area contributed by atoms with Gasteiger partial charge in [-0.2, -0.15) is 14.5 Å². The van der Waals surface area contributed by atoms with E-state index in [-0.39, 0.29) is 28.0 Å². The van der Waals surface area contributed by atoms with Crippen molar-refractivity contribution in [3.05, 3.63) is 29.6 Å². The van der Waals surface area contributed by atoms with Crippen LogP contribution < -0.4 is 4.74 Å². The van der Waals surface area contributed by atoms with Crippen LogP contribution in [0.25, 0.3) is 0 Å². The van der Waals surface area contributed by atoms with Crippen molar-refractivity contribution in [1.29, 1.82) is 0 Å². The summed E-state index contributed by atoms with van der Waals surface area (Å²) in [6.07, 6.45) is 0. The van der Waals surface area contributed by atoms with E-state index in [4.69, 9.17) is 4.74 Å². The van der Waals surface area contributed by atoms with Crippen LogP contribution in [0, 0.1) is 5.82 Å². The first-order valence-corrected chi connectivity index (χ1v) is 8.42. The molecular weight excluding hydrogens is 363 g/mol. The molecule has 0 aliphatic carbocycles. The Kier molecular flexibility index (Phi) is 4.68. The van der Waals surface area contributed by atoms with Gasteiger partial charge in [0.05, 0.1) is 32.5 Å². The summed E-state index contributed by atoms with van der Waals surface area (Å²) in [7, 11) is 4.23. The minimum absolute atomic E-state index is 0.0418. The fourth-order valence-electron chi connectivity index (χ4n) is 2.37. The van der Waals surface area contributed by atoms with Gasteiger partial charge in [-0.1, -0.05) is 16.8 Å². The SMILES string of the molecule is COc1ccc(C(=O)CSC2=NC3=[N+](C)C(=O)N(C)C(=O)C3=N2)c(F)c1. The zero-order chi connectivity index (χ0) is 19.0. The normalized spacial score (nSPS) is 16.5. The Balaban J connectivity index is 1.76. The van der Waals surface area contributed by atoms with Crippen molar-refractivity contribution >= 4 is 46.2 Å². The lowest BCUT2D eigenvalue weighted by atomic mass is 10.1. The smallest absolute Gasteiger partial charge is 0.446 e. The summed E-state index contributed by atoms with van der Waals surface area (Å²) in [5.74, 6) is -1.35. The molecule has 134 valence electrons. The lowest BCUT2D eigenvalue weighted by Gasteiger charge is -2.15. The van der Waals surface area contributed by atoms with E-state index in [0.29, 0.717) is 5.75 Å². The number of hydrogen-bond acceptors (Lipinski definition) is 7. The number of amidine groups is 2. The van der Waals surface area contributed by atoms with Crippen LogP contribution in [0.15, 0.2) is 28.2 Å². The zero-order valence-electron chi connectivity index (χ0n) is 14.1. The molecule has 0 saturated carbocycles. The van der Waals surface area contributed by atoms with Crippen molar-refractivity contribution in [3.63, 3.8) is 0 Å². The predicted octanol–water partition coefficient (Wildman–Crippen LogP) is 1.19. The molecule has 8 nitrogen and oxygen atoms in total. The van der Waals surface area contributed by atoms with Gasteiger partial charge in [-0.25, -0.2) is 14.0 Å². The molecule has 2 aliphatic rings. The number of fused-ring (bicyclic) bond motifs is 1. The van der Waals surface area contributed by atoms with Crippen LogP contribution >= 0.6 is 11.8 Å². The molecule has 0 N–H and O–H groups in total. The fraction of sp³-hybridized carbons (Fsp3) is 0.250. The molecule has 1 aromatic carbocycles. The second kappa shape index (κ2) is 6.79. The number of ketones is 1. The summed E-state index contributed by atoms with van der Waals surface area (Å²) in [4.78, 5) is 45.3. The highest BCUT2D eigenvalue weighted by atomic mass is 32.2. The highest BCUT2D eigenvalue weighted by Crippen LogP contribution is 2.21. The van der Waals surface area contributed by atoms with E-state index in [1.165, 1.54) is 37.9 Å². The number of rotatable bonds is 4. The molecule has 0 bridgehead atoms. The van der Waals surface area contributed by atoms with E-state index in [1.54, 1.807) is 0 Å². The van der Waals surface area contributed by atoms with Crippen LogP contribution in [0.3, 0.4) is 0 Å². The van der Waals surface area contributed by atoms with Gasteiger partial charge in [-0.15, -0.1) is 0 Å². The van der Waals surface area contributed by atoms with E-state index >= 15 is 0 Å². The topological polar surface area (TPSA) is 91.4 Å². The first kappa shape index (κ1) is 17.9. The molecule has 10 heteroatoms. The van der Waals surface area contributed by atoms with Crippen LogP contribution in [0.2, 0.25) is 0 Å². The minimum atomic E-state index is -0.681. The average Bonchev–Trinajstić information content (AvgIpc) is 3.07. The van der Waals surface area contributed by atoms with Crippen molar-refractivity contribution in [2.45, 2.75) is 0 Å². The van der Waals surface area contributed by atoms with Crippen LogP contribution in [-0.4, -0.2) is 70.9 Å². The molecular formula is C16H14FN4O4S+. The number of carbonyl (C=O) groups is 3. The molecule has 26 heavy (non-hydrogen) atoms. The molecule has 3 amide bonds. The van der Waals surface area contributed by atoms with Gasteiger partial charge in [0, 0.05) is 6.07 Å². The van der Waals surface area contributed by atoms with Gasteiger partial charge in [-0.05, 0) is 12.1 Å². The molecule has 0 fully saturated rings. The summed E-state index contributed by atoms with van der Waals surface area (Å²) in [6, 6.07) is 3.45. The standard InChI is InChI=1S/C16H14FN4O4S/c1-20-13-12(14(23)21(2)16(20)24)18-15(19-13)26-7-11(22)9-5-4-8(25-3)6-10(9)17/h4-6H,7H2,1-3H3/q+1. The maximum Gasteiger partial charge on any atom is 0.446 e. The first-order chi connectivity index (χ1) is 12.3. The quantitative estimate of drug-likeness (QED) is 0.581. The Morgan fingerprint density at radius 2 is 2.08 bits per heavy atom. The van der Waals surface area contributed by atoms with E-state index < -0.39 is 23.5 Å². The van der Waals surface area contributed by atoms with Gasteiger partial charge in [-0.3, -0.25) is 4.79 Å². The largest absolute Gasteiger partial charge is 0.497 e. The van der Waals surface area contributed by atoms with E-state index in [0.717, 1.165) is 22.7 Å². The van der Waals surface area contributed by atoms with E-state index in [9.17, 15) is 18.8 Å². The van der Waals surface area contributed by atoms with Gasteiger partial charge in [0.15, 0.2) is 5.78 Å². The van der Waals surface area contributed by atoms with Gasteiger partial charge < -0.3 is 4.74 Å². The first-order valence-electron chi connectivity index (χ1n) is 7.43. The number of benzene rings is 1. The Morgan fingerprint density at radius 3 is 2.73 bits per heavy atom. The lowest BCUT2D eigenvalue weighted by molar-refractivity contribution is -0.401. The lowest BCUT2D eigenvalue weighted by Crippen LogP contribution is -2.51. The van der Waals surface area contributed by atoms with Gasteiger partial charge >= 0.3 is 17.8 Å². The van der Waals surface area contributed by atoms with Gasteiger partial charge in [0.25, 0.3) is 5.17 Å². The second-order valence-corrected chi connectivity index (χ2v) is 6.38. The Hall–Kier alpha value is -2.88. The number of methoxy groups -OCH3 is 1. The van der Waals surface area contributed by atoms with E-state index in [2.05, 4.69) is 9.98 Å². The summed E-state index contributed by atoms with van der Waals surface area (Å²) in [5.41, 5.74) is -0.0297. The molecule has 1 aromatic rings. The van der Waals surface area contributed by atoms with Crippen LogP contribution in [0.5, 0.6) is 5.75 Å². The molecule has 0 radical (unpaired) electrons. The van der Waals surface area contributed by atoms with Gasteiger partial charge in [0.2, 0.25) is 5.71 Å². The van der Waals surface area contributed by atoms with Crippen molar-refractivity contribution in [2.75, 3.05) is 27.0 Å². The number of thioether (sulfide) groups is 1. The molecule has 3 rings (SSSR count). The maximum absolute atomic E-state index is 14.0. The number of amides is 3. The highest BCUT2D eigenvalue weighted by Gasteiger charge is 2.44. The fourth-order valence-corrected chi connectivity index (χ4v) is 3.10. The second-order valence-electron chi connectivity index (χ2n) is 5.44. The monoisotopic (exact) mass is 377 g/mol. The molecule has 0 unspecified atom stereocenters. The van der Waals surface area contributed by atoms with Crippen molar-refractivity contribution in [1.82, 2.24) is 4.90 Å². The van der Waals surface area contributed by atoms with Crippen LogP contribution in [0.1, 0.15) is 10.4 Å². The third-order valence-electron chi connectivity index (χ3n) is 3.83. The summed E-state index contributed by atoms with van der Waals surface area (Å²) in [6.45, 7) is 0. The number of ether oxygens (including phenoxy) is 1. The number of imide groups is 1. The van der Waals surface area contributed by atoms with Crippen LogP contribution in [-0.2, 0) is 4.79 Å². The zero-order valence-corrected chi connectivity index (χ0v) is 15.0. The Labute approximate surface area is 152 Å².